The van der Waals surface area contributed by atoms with Crippen LogP contribution in [0.15, 0.2) is 24.3 Å². The number of fused-ring (bicyclic) bond motifs is 1. The van der Waals surface area contributed by atoms with Crippen molar-refractivity contribution in [2.75, 3.05) is 6.54 Å². The van der Waals surface area contributed by atoms with Gasteiger partial charge in [-0.25, -0.2) is 5.48 Å². The maximum atomic E-state index is 8.60. The molecule has 2 nitrogen and oxygen atoms in total. The van der Waals surface area contributed by atoms with E-state index >= 15 is 0 Å². The number of nitrogens with one attached hydrogen (secondary N) is 1. The predicted molar refractivity (Wildman–Crippen MR) is 47.3 cm³/mol. The fraction of sp³-hybridized carbons (Fsp3) is 0.400. The van der Waals surface area contributed by atoms with Crippen LogP contribution in [0.3, 0.4) is 0 Å². The molecule has 0 saturated carbocycles. The fourth-order valence-corrected chi connectivity index (χ4v) is 1.97. The smallest absolute Gasteiger partial charge is 0.0276 e. The Kier molecular flexibility index (Phi) is 2.11. The lowest BCUT2D eigenvalue weighted by Crippen LogP contribution is -2.15. The molecule has 1 unspecified atom stereocenters. The van der Waals surface area contributed by atoms with E-state index in [0.29, 0.717) is 12.5 Å². The zero-order valence-corrected chi connectivity index (χ0v) is 6.96. The summed E-state index contributed by atoms with van der Waals surface area (Å²) in [6.07, 6.45) is 2.31. The van der Waals surface area contributed by atoms with Gasteiger partial charge in [0.1, 0.15) is 0 Å². The van der Waals surface area contributed by atoms with E-state index in [9.17, 15) is 0 Å². The lowest BCUT2D eigenvalue weighted by molar-refractivity contribution is 0.159. The minimum Gasteiger partial charge on any atom is -0.317 e. The first kappa shape index (κ1) is 7.77. The van der Waals surface area contributed by atoms with Crippen molar-refractivity contribution in [2.45, 2.75) is 18.8 Å². The van der Waals surface area contributed by atoms with Crippen molar-refractivity contribution in [1.82, 2.24) is 5.48 Å². The first-order valence-electron chi connectivity index (χ1n) is 4.36. The van der Waals surface area contributed by atoms with Crippen LogP contribution >= 0.6 is 0 Å². The van der Waals surface area contributed by atoms with E-state index in [1.54, 1.807) is 0 Å². The Balaban J connectivity index is 2.24. The molecule has 0 aliphatic heterocycles. The maximum Gasteiger partial charge on any atom is 0.0276 e. The fourth-order valence-electron chi connectivity index (χ4n) is 1.97. The molecule has 2 N–H and O–H groups in total. The summed E-state index contributed by atoms with van der Waals surface area (Å²) >= 11 is 0. The van der Waals surface area contributed by atoms with Gasteiger partial charge in [0.15, 0.2) is 0 Å². The third-order valence-electron chi connectivity index (χ3n) is 2.59. The summed E-state index contributed by atoms with van der Waals surface area (Å²) in [6.45, 7) is 0.678. The van der Waals surface area contributed by atoms with Crippen LogP contribution in [0.2, 0.25) is 0 Å². The van der Waals surface area contributed by atoms with Crippen LogP contribution in [0.4, 0.5) is 0 Å². The number of benzene rings is 1. The molecule has 0 fully saturated rings. The summed E-state index contributed by atoms with van der Waals surface area (Å²) in [6, 6.07) is 8.47. The summed E-state index contributed by atoms with van der Waals surface area (Å²) in [7, 11) is 0. The minimum atomic E-state index is 0.506. The summed E-state index contributed by atoms with van der Waals surface area (Å²) in [5.74, 6) is 0.506. The lowest BCUT2D eigenvalue weighted by atomic mass is 10.0. The van der Waals surface area contributed by atoms with Crippen LogP contribution in [-0.4, -0.2) is 11.8 Å². The van der Waals surface area contributed by atoms with Crippen molar-refractivity contribution in [1.29, 1.82) is 0 Å². The molecular weight excluding hydrogens is 150 g/mol. The van der Waals surface area contributed by atoms with Crippen LogP contribution < -0.4 is 5.48 Å². The topological polar surface area (TPSA) is 32.3 Å². The third-order valence-corrected chi connectivity index (χ3v) is 2.59. The molecule has 0 aromatic heterocycles. The van der Waals surface area contributed by atoms with Crippen molar-refractivity contribution in [3.05, 3.63) is 35.4 Å². The second-order valence-corrected chi connectivity index (χ2v) is 3.30. The van der Waals surface area contributed by atoms with Gasteiger partial charge in [-0.3, -0.25) is 0 Å². The van der Waals surface area contributed by atoms with Gasteiger partial charge in [0.25, 0.3) is 0 Å². The number of hydroxylamine groups is 1. The number of hydrogen-bond acceptors (Lipinski definition) is 2. The van der Waals surface area contributed by atoms with Gasteiger partial charge < -0.3 is 5.21 Å². The van der Waals surface area contributed by atoms with Crippen molar-refractivity contribution in [3.63, 3.8) is 0 Å². The van der Waals surface area contributed by atoms with Crippen LogP contribution in [0, 0.1) is 0 Å². The predicted octanol–water partition coefficient (Wildman–Crippen LogP) is 1.70. The molecule has 1 aromatic carbocycles. The minimum absolute atomic E-state index is 0.506. The molecule has 0 bridgehead atoms. The van der Waals surface area contributed by atoms with Crippen molar-refractivity contribution >= 4 is 0 Å². The Morgan fingerprint density at radius 3 is 3.08 bits per heavy atom. The largest absolute Gasteiger partial charge is 0.317 e. The number of aryl methyl sites for hydroxylation is 1. The van der Waals surface area contributed by atoms with E-state index in [1.807, 2.05) is 0 Å². The maximum absolute atomic E-state index is 8.60. The van der Waals surface area contributed by atoms with Crippen LogP contribution in [0.1, 0.15) is 23.5 Å². The third kappa shape index (κ3) is 1.24. The lowest BCUT2D eigenvalue weighted by Gasteiger charge is -2.08. The molecule has 12 heavy (non-hydrogen) atoms. The molecule has 64 valence electrons. The Hall–Kier alpha value is -0.860. The van der Waals surface area contributed by atoms with Crippen LogP contribution in [0.25, 0.3) is 0 Å². The number of rotatable bonds is 2. The molecular formula is C10H13NO. The van der Waals surface area contributed by atoms with E-state index in [2.05, 4.69) is 29.7 Å². The molecule has 0 radical (unpaired) electrons. The van der Waals surface area contributed by atoms with Gasteiger partial charge in [0.05, 0.1) is 0 Å². The Morgan fingerprint density at radius 2 is 2.25 bits per heavy atom. The Labute approximate surface area is 72.2 Å². The monoisotopic (exact) mass is 163 g/mol. The van der Waals surface area contributed by atoms with E-state index in [-0.39, 0.29) is 0 Å². The van der Waals surface area contributed by atoms with E-state index < -0.39 is 0 Å². The normalized spacial score (nSPS) is 20.9. The Bertz CT molecular complexity index is 270. The van der Waals surface area contributed by atoms with E-state index in [1.165, 1.54) is 11.1 Å². The van der Waals surface area contributed by atoms with Gasteiger partial charge in [-0.15, -0.1) is 0 Å². The van der Waals surface area contributed by atoms with E-state index in [4.69, 9.17) is 5.21 Å². The number of hydrogen-bond donors (Lipinski definition) is 2. The summed E-state index contributed by atoms with van der Waals surface area (Å²) < 4.78 is 0. The highest BCUT2D eigenvalue weighted by Gasteiger charge is 2.20. The average molecular weight is 163 g/mol. The standard InChI is InChI=1S/C10H13NO/c12-11-7-9-6-5-8-3-1-2-4-10(8)9/h1-4,9,11-12H,5-7H2. The summed E-state index contributed by atoms with van der Waals surface area (Å²) in [5.41, 5.74) is 5.09. The average Bonchev–Trinajstić information content (AvgIpc) is 2.50. The molecule has 0 heterocycles. The molecule has 2 heteroatoms. The van der Waals surface area contributed by atoms with Gasteiger partial charge in [0, 0.05) is 6.54 Å². The van der Waals surface area contributed by atoms with Crippen molar-refractivity contribution in [3.8, 4) is 0 Å². The van der Waals surface area contributed by atoms with Crippen molar-refractivity contribution < 1.29 is 5.21 Å². The van der Waals surface area contributed by atoms with Crippen LogP contribution in [-0.2, 0) is 6.42 Å². The molecule has 0 spiro atoms. The molecule has 1 aromatic rings. The van der Waals surface area contributed by atoms with E-state index in [0.717, 1.165) is 12.8 Å². The van der Waals surface area contributed by atoms with Gasteiger partial charge in [-0.1, -0.05) is 24.3 Å². The quantitative estimate of drug-likeness (QED) is 0.650. The Morgan fingerprint density at radius 1 is 1.42 bits per heavy atom. The van der Waals surface area contributed by atoms with Crippen molar-refractivity contribution in [2.24, 2.45) is 0 Å². The first-order valence-corrected chi connectivity index (χ1v) is 4.36. The van der Waals surface area contributed by atoms with Crippen LogP contribution in [0.5, 0.6) is 0 Å². The van der Waals surface area contributed by atoms with Gasteiger partial charge >= 0.3 is 0 Å². The highest BCUT2D eigenvalue weighted by molar-refractivity contribution is 5.34. The molecule has 1 aliphatic rings. The second-order valence-electron chi connectivity index (χ2n) is 3.30. The SMILES string of the molecule is ONCC1CCc2ccccc21. The zero-order chi connectivity index (χ0) is 8.39. The zero-order valence-electron chi connectivity index (χ0n) is 6.96. The summed E-state index contributed by atoms with van der Waals surface area (Å²) in [4.78, 5) is 0. The van der Waals surface area contributed by atoms with Gasteiger partial charge in [-0.2, -0.15) is 0 Å². The van der Waals surface area contributed by atoms with Gasteiger partial charge in [0.2, 0.25) is 0 Å². The first-order chi connectivity index (χ1) is 5.92. The molecule has 1 atom stereocenters. The molecule has 0 saturated heterocycles. The van der Waals surface area contributed by atoms with Gasteiger partial charge in [-0.05, 0) is 29.9 Å². The summed E-state index contributed by atoms with van der Waals surface area (Å²) in [5, 5.41) is 8.60. The highest BCUT2D eigenvalue weighted by Crippen LogP contribution is 2.31. The highest BCUT2D eigenvalue weighted by atomic mass is 16.5. The molecule has 0 amide bonds. The second kappa shape index (κ2) is 3.25. The molecule has 2 rings (SSSR count). The molecule has 1 aliphatic carbocycles.